The molecule has 1 aliphatic carbocycles. The van der Waals surface area contributed by atoms with Crippen LogP contribution in [0.25, 0.3) is 0 Å². The average molecular weight is 320 g/mol. The molecule has 1 heterocycles. The second-order valence-corrected chi connectivity index (χ2v) is 6.78. The maximum absolute atomic E-state index is 5.57. The van der Waals surface area contributed by atoms with Gasteiger partial charge < -0.3 is 15.1 Å². The molecule has 2 N–H and O–H groups in total. The summed E-state index contributed by atoms with van der Waals surface area (Å²) < 4.78 is 5.57. The van der Waals surface area contributed by atoms with Crippen LogP contribution in [0, 0.1) is 5.41 Å². The van der Waals surface area contributed by atoms with Crippen LogP contribution < -0.4 is 10.6 Å². The van der Waals surface area contributed by atoms with Gasteiger partial charge in [0.15, 0.2) is 5.96 Å². The Hall–Kier alpha value is -1.49. The van der Waals surface area contributed by atoms with Crippen LogP contribution in [0.5, 0.6) is 0 Å². The minimum atomic E-state index is 0.192. The Morgan fingerprint density at radius 3 is 2.61 bits per heavy atom. The molecular formula is C18H32N4O. The van der Waals surface area contributed by atoms with Crippen LogP contribution in [0.4, 0.5) is 0 Å². The monoisotopic (exact) mass is 320 g/mol. The molecule has 0 aliphatic heterocycles. The molecule has 1 unspecified atom stereocenters. The summed E-state index contributed by atoms with van der Waals surface area (Å²) in [5, 5.41) is 6.83. The zero-order valence-electron chi connectivity index (χ0n) is 15.1. The zero-order valence-corrected chi connectivity index (χ0v) is 15.1. The van der Waals surface area contributed by atoms with Gasteiger partial charge in [-0.3, -0.25) is 9.89 Å². The van der Waals surface area contributed by atoms with E-state index in [1.54, 1.807) is 6.26 Å². The Balaban J connectivity index is 1.95. The summed E-state index contributed by atoms with van der Waals surface area (Å²) in [6.07, 6.45) is 6.95. The molecule has 130 valence electrons. The highest BCUT2D eigenvalue weighted by atomic mass is 16.3. The fourth-order valence-corrected chi connectivity index (χ4v) is 3.10. The SMILES string of the molecule is CCNC(=NCC1(CC)CCC1)NCC(c1ccco1)N(C)C. The first-order chi connectivity index (χ1) is 11.1. The van der Waals surface area contributed by atoms with Crippen molar-refractivity contribution >= 4 is 5.96 Å². The molecule has 0 bridgehead atoms. The van der Waals surface area contributed by atoms with Crippen molar-refractivity contribution in [2.24, 2.45) is 10.4 Å². The molecule has 0 amide bonds. The fraction of sp³-hybridized carbons (Fsp3) is 0.722. The van der Waals surface area contributed by atoms with E-state index in [2.05, 4.69) is 43.5 Å². The first kappa shape index (κ1) is 17.9. The fourth-order valence-electron chi connectivity index (χ4n) is 3.10. The van der Waals surface area contributed by atoms with Gasteiger partial charge in [0.25, 0.3) is 0 Å². The van der Waals surface area contributed by atoms with Crippen molar-refractivity contribution in [3.05, 3.63) is 24.2 Å². The first-order valence-electron chi connectivity index (χ1n) is 8.82. The number of furan rings is 1. The van der Waals surface area contributed by atoms with E-state index in [1.165, 1.54) is 25.7 Å². The van der Waals surface area contributed by atoms with E-state index >= 15 is 0 Å². The van der Waals surface area contributed by atoms with Crippen LogP contribution in [0.3, 0.4) is 0 Å². The lowest BCUT2D eigenvalue weighted by Crippen LogP contribution is -2.43. The molecule has 0 spiro atoms. The summed E-state index contributed by atoms with van der Waals surface area (Å²) in [5.74, 6) is 1.88. The summed E-state index contributed by atoms with van der Waals surface area (Å²) in [6.45, 7) is 6.95. The van der Waals surface area contributed by atoms with Crippen molar-refractivity contribution in [3.63, 3.8) is 0 Å². The number of guanidine groups is 1. The van der Waals surface area contributed by atoms with Gasteiger partial charge in [-0.15, -0.1) is 0 Å². The van der Waals surface area contributed by atoms with Crippen LogP contribution in [-0.2, 0) is 0 Å². The Kier molecular flexibility index (Phi) is 6.51. The molecule has 5 heteroatoms. The maximum Gasteiger partial charge on any atom is 0.191 e. The molecular weight excluding hydrogens is 288 g/mol. The molecule has 1 aromatic rings. The third kappa shape index (κ3) is 4.74. The molecule has 0 saturated heterocycles. The largest absolute Gasteiger partial charge is 0.468 e. The molecule has 1 fully saturated rings. The van der Waals surface area contributed by atoms with Gasteiger partial charge in [0.05, 0.1) is 12.3 Å². The van der Waals surface area contributed by atoms with Crippen molar-refractivity contribution < 1.29 is 4.42 Å². The lowest BCUT2D eigenvalue weighted by Gasteiger charge is -2.40. The maximum atomic E-state index is 5.57. The van der Waals surface area contributed by atoms with Crippen LogP contribution in [-0.4, -0.2) is 44.6 Å². The molecule has 23 heavy (non-hydrogen) atoms. The Labute approximate surface area is 140 Å². The summed E-state index contributed by atoms with van der Waals surface area (Å²) >= 11 is 0. The standard InChI is InChI=1S/C18H32N4O/c1-5-18(10-8-11-18)14-21-17(19-6-2)20-13-15(22(3)4)16-9-7-12-23-16/h7,9,12,15H,5-6,8,10-11,13-14H2,1-4H3,(H2,19,20,21). The van der Waals surface area contributed by atoms with Gasteiger partial charge in [0, 0.05) is 19.6 Å². The van der Waals surface area contributed by atoms with E-state index < -0.39 is 0 Å². The summed E-state index contributed by atoms with van der Waals surface area (Å²) in [4.78, 5) is 7.00. The van der Waals surface area contributed by atoms with Gasteiger partial charge in [0.1, 0.15) is 5.76 Å². The Morgan fingerprint density at radius 2 is 2.13 bits per heavy atom. The predicted molar refractivity (Wildman–Crippen MR) is 95.7 cm³/mol. The van der Waals surface area contributed by atoms with Gasteiger partial charge in [-0.2, -0.15) is 0 Å². The number of nitrogens with one attached hydrogen (secondary N) is 2. The molecule has 0 radical (unpaired) electrons. The van der Waals surface area contributed by atoms with E-state index in [0.717, 1.165) is 31.4 Å². The van der Waals surface area contributed by atoms with Gasteiger partial charge in [-0.1, -0.05) is 13.3 Å². The predicted octanol–water partition coefficient (Wildman–Crippen LogP) is 3.02. The highest BCUT2D eigenvalue weighted by Crippen LogP contribution is 2.43. The summed E-state index contributed by atoms with van der Waals surface area (Å²) in [6, 6.07) is 4.15. The van der Waals surface area contributed by atoms with Crippen molar-refractivity contribution in [2.45, 2.75) is 45.6 Å². The molecule has 1 aliphatic rings. The van der Waals surface area contributed by atoms with E-state index in [0.29, 0.717) is 5.41 Å². The highest BCUT2D eigenvalue weighted by Gasteiger charge is 2.34. The topological polar surface area (TPSA) is 52.8 Å². The average Bonchev–Trinajstić information content (AvgIpc) is 3.00. The number of hydrogen-bond acceptors (Lipinski definition) is 3. The van der Waals surface area contributed by atoms with Crippen molar-refractivity contribution in [3.8, 4) is 0 Å². The number of aliphatic imine (C=N–C) groups is 1. The minimum Gasteiger partial charge on any atom is -0.468 e. The van der Waals surface area contributed by atoms with Crippen molar-refractivity contribution in [1.29, 1.82) is 0 Å². The van der Waals surface area contributed by atoms with Crippen LogP contribution in [0.2, 0.25) is 0 Å². The molecule has 1 aromatic heterocycles. The van der Waals surface area contributed by atoms with Gasteiger partial charge >= 0.3 is 0 Å². The van der Waals surface area contributed by atoms with Crippen molar-refractivity contribution in [2.75, 3.05) is 33.7 Å². The normalized spacial score (nSPS) is 18.6. The van der Waals surface area contributed by atoms with E-state index in [9.17, 15) is 0 Å². The Bertz CT molecular complexity index is 472. The number of hydrogen-bond donors (Lipinski definition) is 2. The third-order valence-corrected chi connectivity index (χ3v) is 5.04. The lowest BCUT2D eigenvalue weighted by atomic mass is 9.67. The third-order valence-electron chi connectivity index (χ3n) is 5.04. The Morgan fingerprint density at radius 1 is 1.35 bits per heavy atom. The van der Waals surface area contributed by atoms with E-state index in [4.69, 9.17) is 9.41 Å². The van der Waals surface area contributed by atoms with E-state index in [1.807, 2.05) is 12.1 Å². The van der Waals surface area contributed by atoms with Gasteiger partial charge in [0.2, 0.25) is 0 Å². The van der Waals surface area contributed by atoms with Crippen molar-refractivity contribution in [1.82, 2.24) is 15.5 Å². The quantitative estimate of drug-likeness (QED) is 0.571. The molecule has 2 rings (SSSR count). The van der Waals surface area contributed by atoms with Gasteiger partial charge in [-0.25, -0.2) is 0 Å². The van der Waals surface area contributed by atoms with Crippen LogP contribution in [0.1, 0.15) is 51.3 Å². The smallest absolute Gasteiger partial charge is 0.191 e. The molecule has 0 aromatic carbocycles. The van der Waals surface area contributed by atoms with Crippen LogP contribution in [0.15, 0.2) is 27.8 Å². The lowest BCUT2D eigenvalue weighted by molar-refractivity contribution is 0.139. The summed E-state index contributed by atoms with van der Waals surface area (Å²) in [7, 11) is 4.14. The molecule has 1 saturated carbocycles. The number of nitrogens with zero attached hydrogens (tertiary/aromatic N) is 2. The second kappa shape index (κ2) is 8.39. The summed E-state index contributed by atoms with van der Waals surface area (Å²) in [5.41, 5.74) is 0.449. The number of likely N-dealkylation sites (N-methyl/N-ethyl adjacent to an activating group) is 1. The first-order valence-corrected chi connectivity index (χ1v) is 8.82. The molecule has 5 nitrogen and oxygen atoms in total. The van der Waals surface area contributed by atoms with Gasteiger partial charge in [-0.05, 0) is 57.8 Å². The second-order valence-electron chi connectivity index (χ2n) is 6.78. The highest BCUT2D eigenvalue weighted by molar-refractivity contribution is 5.79. The number of rotatable bonds is 8. The molecule has 1 atom stereocenters. The minimum absolute atomic E-state index is 0.192. The van der Waals surface area contributed by atoms with Crippen LogP contribution >= 0.6 is 0 Å². The van der Waals surface area contributed by atoms with E-state index in [-0.39, 0.29) is 6.04 Å². The zero-order chi connectivity index (χ0) is 16.7.